The van der Waals surface area contributed by atoms with E-state index in [0.717, 1.165) is 5.56 Å². The molecule has 0 fully saturated rings. The molecule has 0 aliphatic heterocycles. The Kier molecular flexibility index (Phi) is 4.10. The summed E-state index contributed by atoms with van der Waals surface area (Å²) >= 11 is 0. The van der Waals surface area contributed by atoms with Crippen LogP contribution < -0.4 is 4.74 Å². The van der Waals surface area contributed by atoms with E-state index in [2.05, 4.69) is 4.98 Å². The van der Waals surface area contributed by atoms with Crippen molar-refractivity contribution in [2.24, 2.45) is 0 Å². The molecule has 1 heterocycles. The molecule has 0 unspecified atom stereocenters. The molecule has 0 spiro atoms. The number of rotatable bonds is 4. The van der Waals surface area contributed by atoms with Gasteiger partial charge in [0.25, 0.3) is 0 Å². The lowest BCUT2D eigenvalue weighted by molar-refractivity contribution is 0.349. The number of hydrogen-bond donors (Lipinski definition) is 0. The van der Waals surface area contributed by atoms with Crippen molar-refractivity contribution in [3.63, 3.8) is 0 Å². The van der Waals surface area contributed by atoms with Crippen LogP contribution in [-0.4, -0.2) is 11.6 Å². The Bertz CT molecular complexity index is 571. The van der Waals surface area contributed by atoms with Crippen molar-refractivity contribution in [1.82, 2.24) is 4.98 Å². The second kappa shape index (κ2) is 6.21. The van der Waals surface area contributed by atoms with Gasteiger partial charge < -0.3 is 4.74 Å². The van der Waals surface area contributed by atoms with Gasteiger partial charge in [-0.25, -0.2) is 4.98 Å². The maximum atomic E-state index is 8.73. The molecule has 0 amide bonds. The molecule has 2 aromatic rings. The number of nitrogens with zero attached hydrogens (tertiary/aromatic N) is 2. The van der Waals surface area contributed by atoms with Gasteiger partial charge in [0, 0.05) is 12.3 Å². The SMILES string of the molecule is N#Cc1ccnc(OC/C=C/c2ccccc2)c1. The van der Waals surface area contributed by atoms with E-state index in [1.54, 1.807) is 18.3 Å². The minimum atomic E-state index is 0.427. The first-order valence-corrected chi connectivity index (χ1v) is 5.59. The predicted octanol–water partition coefficient (Wildman–Crippen LogP) is 3.05. The third kappa shape index (κ3) is 3.46. The Balaban J connectivity index is 1.89. The van der Waals surface area contributed by atoms with Crippen molar-refractivity contribution in [2.75, 3.05) is 6.61 Å². The van der Waals surface area contributed by atoms with Gasteiger partial charge in [-0.05, 0) is 17.7 Å². The fraction of sp³-hybridized carbons (Fsp3) is 0.0667. The first-order chi connectivity index (χ1) is 8.88. The summed E-state index contributed by atoms with van der Waals surface area (Å²) in [6.45, 7) is 0.427. The van der Waals surface area contributed by atoms with Gasteiger partial charge in [-0.15, -0.1) is 0 Å². The van der Waals surface area contributed by atoms with E-state index < -0.39 is 0 Å². The minimum Gasteiger partial charge on any atom is -0.473 e. The lowest BCUT2D eigenvalue weighted by Crippen LogP contribution is -1.95. The summed E-state index contributed by atoms with van der Waals surface area (Å²) in [4.78, 5) is 4.02. The molecule has 88 valence electrons. The average Bonchev–Trinajstić information content (AvgIpc) is 2.45. The molecule has 2 rings (SSSR count). The molecule has 3 nitrogen and oxygen atoms in total. The Morgan fingerprint density at radius 1 is 1.22 bits per heavy atom. The fourth-order valence-corrected chi connectivity index (χ4v) is 1.44. The van der Waals surface area contributed by atoms with Crippen molar-refractivity contribution in [1.29, 1.82) is 5.26 Å². The van der Waals surface area contributed by atoms with Crippen LogP contribution in [0.15, 0.2) is 54.7 Å². The van der Waals surface area contributed by atoms with Crippen molar-refractivity contribution >= 4 is 6.08 Å². The maximum absolute atomic E-state index is 8.73. The topological polar surface area (TPSA) is 45.9 Å². The Labute approximate surface area is 106 Å². The molecule has 0 N–H and O–H groups in total. The predicted molar refractivity (Wildman–Crippen MR) is 69.9 cm³/mol. The monoisotopic (exact) mass is 236 g/mol. The number of ether oxygens (including phenoxy) is 1. The largest absolute Gasteiger partial charge is 0.473 e. The highest BCUT2D eigenvalue weighted by molar-refractivity contribution is 5.48. The zero-order valence-electron chi connectivity index (χ0n) is 9.78. The highest BCUT2D eigenvalue weighted by Crippen LogP contribution is 2.08. The summed E-state index contributed by atoms with van der Waals surface area (Å²) in [5, 5.41) is 8.73. The lowest BCUT2D eigenvalue weighted by Gasteiger charge is -2.01. The van der Waals surface area contributed by atoms with Crippen molar-refractivity contribution in [3.05, 3.63) is 65.9 Å². The quantitative estimate of drug-likeness (QED) is 0.819. The molecule has 0 radical (unpaired) electrons. The smallest absolute Gasteiger partial charge is 0.214 e. The van der Waals surface area contributed by atoms with Crippen LogP contribution in [0.4, 0.5) is 0 Å². The van der Waals surface area contributed by atoms with Crippen LogP contribution in [0.25, 0.3) is 6.08 Å². The molecular formula is C15H12N2O. The first-order valence-electron chi connectivity index (χ1n) is 5.59. The Morgan fingerprint density at radius 3 is 2.83 bits per heavy atom. The number of pyridine rings is 1. The van der Waals surface area contributed by atoms with E-state index in [-0.39, 0.29) is 0 Å². The van der Waals surface area contributed by atoms with Crippen LogP contribution >= 0.6 is 0 Å². The van der Waals surface area contributed by atoms with Gasteiger partial charge in [-0.3, -0.25) is 0 Å². The van der Waals surface area contributed by atoms with Crippen LogP contribution in [0.5, 0.6) is 5.88 Å². The third-order valence-electron chi connectivity index (χ3n) is 2.30. The van der Waals surface area contributed by atoms with Crippen LogP contribution in [0.3, 0.4) is 0 Å². The minimum absolute atomic E-state index is 0.427. The van der Waals surface area contributed by atoms with E-state index >= 15 is 0 Å². The highest BCUT2D eigenvalue weighted by atomic mass is 16.5. The van der Waals surface area contributed by atoms with Gasteiger partial charge in [-0.2, -0.15) is 5.26 Å². The third-order valence-corrected chi connectivity index (χ3v) is 2.30. The van der Waals surface area contributed by atoms with Gasteiger partial charge in [0.1, 0.15) is 6.61 Å². The van der Waals surface area contributed by atoms with Crippen LogP contribution in [0, 0.1) is 11.3 Å². The first kappa shape index (κ1) is 11.9. The van der Waals surface area contributed by atoms with E-state index in [1.807, 2.05) is 48.6 Å². The summed E-state index contributed by atoms with van der Waals surface area (Å²) in [6, 6.07) is 15.3. The molecule has 1 aromatic carbocycles. The number of aromatic nitrogens is 1. The van der Waals surface area contributed by atoms with Gasteiger partial charge in [-0.1, -0.05) is 36.4 Å². The van der Waals surface area contributed by atoms with Crippen LogP contribution in [0.1, 0.15) is 11.1 Å². The summed E-state index contributed by atoms with van der Waals surface area (Å²) in [6.07, 6.45) is 5.46. The second-order valence-electron chi connectivity index (χ2n) is 3.62. The van der Waals surface area contributed by atoms with Crippen molar-refractivity contribution in [3.8, 4) is 11.9 Å². The summed E-state index contributed by atoms with van der Waals surface area (Å²) in [7, 11) is 0. The fourth-order valence-electron chi connectivity index (χ4n) is 1.44. The number of hydrogen-bond acceptors (Lipinski definition) is 3. The van der Waals surface area contributed by atoms with Crippen molar-refractivity contribution < 1.29 is 4.74 Å². The van der Waals surface area contributed by atoms with Gasteiger partial charge in [0.15, 0.2) is 0 Å². The van der Waals surface area contributed by atoms with Crippen molar-refractivity contribution in [2.45, 2.75) is 0 Å². The molecule has 18 heavy (non-hydrogen) atoms. The van der Waals surface area contributed by atoms with E-state index in [0.29, 0.717) is 18.1 Å². The molecule has 0 bridgehead atoms. The molecular weight excluding hydrogens is 224 g/mol. The number of benzene rings is 1. The zero-order chi connectivity index (χ0) is 12.6. The summed E-state index contributed by atoms with van der Waals surface area (Å²) in [5.41, 5.74) is 1.67. The second-order valence-corrected chi connectivity index (χ2v) is 3.62. The normalized spacial score (nSPS) is 10.2. The Morgan fingerprint density at radius 2 is 2.06 bits per heavy atom. The molecule has 0 aliphatic rings. The molecule has 0 saturated carbocycles. The summed E-state index contributed by atoms with van der Waals surface area (Å²) < 4.78 is 5.42. The van der Waals surface area contributed by atoms with E-state index in [4.69, 9.17) is 10.00 Å². The average molecular weight is 236 g/mol. The molecule has 1 aromatic heterocycles. The molecule has 0 atom stereocenters. The van der Waals surface area contributed by atoms with Gasteiger partial charge >= 0.3 is 0 Å². The molecule has 3 heteroatoms. The van der Waals surface area contributed by atoms with Gasteiger partial charge in [0.2, 0.25) is 5.88 Å². The summed E-state index contributed by atoms with van der Waals surface area (Å²) in [5.74, 6) is 0.465. The maximum Gasteiger partial charge on any atom is 0.214 e. The van der Waals surface area contributed by atoms with Gasteiger partial charge in [0.05, 0.1) is 11.6 Å². The highest BCUT2D eigenvalue weighted by Gasteiger charge is 1.95. The standard InChI is InChI=1S/C15H12N2O/c16-12-14-8-9-17-15(11-14)18-10-4-7-13-5-2-1-3-6-13/h1-9,11H,10H2/b7-4+. The molecule has 0 saturated heterocycles. The molecule has 0 aliphatic carbocycles. The van der Waals surface area contributed by atoms with Crippen LogP contribution in [-0.2, 0) is 0 Å². The Hall–Kier alpha value is -2.60. The van der Waals surface area contributed by atoms with Crippen LogP contribution in [0.2, 0.25) is 0 Å². The zero-order valence-corrected chi connectivity index (χ0v) is 9.78. The van der Waals surface area contributed by atoms with E-state index in [1.165, 1.54) is 0 Å². The number of nitriles is 1. The lowest BCUT2D eigenvalue weighted by atomic mass is 10.2. The van der Waals surface area contributed by atoms with E-state index in [9.17, 15) is 0 Å².